The van der Waals surface area contributed by atoms with Crippen molar-refractivity contribution in [3.63, 3.8) is 0 Å². The second kappa shape index (κ2) is 7.96. The van der Waals surface area contributed by atoms with E-state index in [4.69, 9.17) is 10.5 Å². The summed E-state index contributed by atoms with van der Waals surface area (Å²) in [5, 5.41) is 7.62. The predicted octanol–water partition coefficient (Wildman–Crippen LogP) is 3.73. The van der Waals surface area contributed by atoms with Crippen LogP contribution in [0, 0.1) is 0 Å². The van der Waals surface area contributed by atoms with E-state index in [1.54, 1.807) is 0 Å². The number of aromatic nitrogens is 3. The van der Waals surface area contributed by atoms with Crippen LogP contribution in [0.3, 0.4) is 0 Å². The lowest BCUT2D eigenvalue weighted by Gasteiger charge is -2.36. The van der Waals surface area contributed by atoms with Gasteiger partial charge in [-0.25, -0.2) is 18.3 Å². The number of methoxy groups -OCH3 is 1. The van der Waals surface area contributed by atoms with Gasteiger partial charge >= 0.3 is 6.18 Å². The van der Waals surface area contributed by atoms with E-state index in [1.807, 2.05) is 0 Å². The standard InChI is InChI=1S/C19H18F5N5O2S/c1-31-14-7-29-13(5-10(14)19(22,23)24)9(6-26-29)12-8-32-17(27-12)16(30)28-15-11(25)3-2-4-18(15,20)21/h5-8,11,15H,2-4,25H2,1H3,(H,28,30). The number of nitrogens with zero attached hydrogens (tertiary/aromatic N) is 3. The van der Waals surface area contributed by atoms with Crippen molar-refractivity contribution in [3.05, 3.63) is 34.4 Å². The molecular weight excluding hydrogens is 457 g/mol. The summed E-state index contributed by atoms with van der Waals surface area (Å²) >= 11 is 0.879. The Morgan fingerprint density at radius 1 is 1.41 bits per heavy atom. The number of rotatable bonds is 4. The van der Waals surface area contributed by atoms with Gasteiger partial charge in [-0.2, -0.15) is 18.3 Å². The van der Waals surface area contributed by atoms with Crippen molar-refractivity contribution in [1.82, 2.24) is 19.9 Å². The zero-order valence-electron chi connectivity index (χ0n) is 16.6. The Labute approximate surface area is 182 Å². The topological polar surface area (TPSA) is 94.5 Å². The van der Waals surface area contributed by atoms with Crippen LogP contribution in [0.4, 0.5) is 22.0 Å². The van der Waals surface area contributed by atoms with Crippen LogP contribution in [0.2, 0.25) is 0 Å². The molecule has 7 nitrogen and oxygen atoms in total. The Hall–Kier alpha value is -2.80. The number of hydrogen-bond acceptors (Lipinski definition) is 6. The van der Waals surface area contributed by atoms with Crippen molar-refractivity contribution in [2.45, 2.75) is 43.4 Å². The van der Waals surface area contributed by atoms with Gasteiger partial charge in [-0.15, -0.1) is 11.3 Å². The van der Waals surface area contributed by atoms with Gasteiger partial charge in [-0.1, -0.05) is 0 Å². The van der Waals surface area contributed by atoms with E-state index in [0.29, 0.717) is 6.42 Å². The maximum absolute atomic E-state index is 14.2. The molecule has 3 aromatic rings. The van der Waals surface area contributed by atoms with E-state index in [0.717, 1.165) is 30.7 Å². The molecule has 0 aliphatic heterocycles. The minimum Gasteiger partial charge on any atom is -0.494 e. The molecule has 0 saturated heterocycles. The number of amides is 1. The van der Waals surface area contributed by atoms with Crippen LogP contribution >= 0.6 is 11.3 Å². The summed E-state index contributed by atoms with van der Waals surface area (Å²) in [4.78, 5) is 16.7. The Bertz CT molecular complexity index is 1160. The first-order chi connectivity index (χ1) is 15.0. The Kier molecular flexibility index (Phi) is 5.57. The van der Waals surface area contributed by atoms with Crippen molar-refractivity contribution < 1.29 is 31.5 Å². The highest BCUT2D eigenvalue weighted by Gasteiger charge is 2.46. The molecule has 4 rings (SSSR count). The van der Waals surface area contributed by atoms with Crippen molar-refractivity contribution in [2.75, 3.05) is 7.11 Å². The number of thiazole rings is 1. The van der Waals surface area contributed by atoms with Gasteiger partial charge in [-0.3, -0.25) is 4.79 Å². The molecular formula is C19H18F5N5O2S. The molecule has 172 valence electrons. The van der Waals surface area contributed by atoms with Crippen LogP contribution in [-0.4, -0.2) is 45.6 Å². The smallest absolute Gasteiger partial charge is 0.420 e. The van der Waals surface area contributed by atoms with Gasteiger partial charge in [0.2, 0.25) is 0 Å². The lowest BCUT2D eigenvalue weighted by molar-refractivity contribution is -0.138. The molecule has 0 spiro atoms. The molecule has 3 N–H and O–H groups in total. The normalized spacial score (nSPS) is 21.0. The fourth-order valence-electron chi connectivity index (χ4n) is 3.71. The molecule has 1 saturated carbocycles. The lowest BCUT2D eigenvalue weighted by atomic mass is 9.87. The van der Waals surface area contributed by atoms with Gasteiger partial charge < -0.3 is 15.8 Å². The molecule has 0 bridgehead atoms. The van der Waals surface area contributed by atoms with Crippen LogP contribution in [0.5, 0.6) is 5.75 Å². The van der Waals surface area contributed by atoms with Crippen LogP contribution < -0.4 is 15.8 Å². The minimum absolute atomic E-state index is 0.0937. The third-order valence-corrected chi connectivity index (χ3v) is 6.18. The van der Waals surface area contributed by atoms with Crippen molar-refractivity contribution in [1.29, 1.82) is 0 Å². The maximum Gasteiger partial charge on any atom is 0.420 e. The van der Waals surface area contributed by atoms with Crippen LogP contribution in [0.15, 0.2) is 23.8 Å². The Balaban J connectivity index is 1.64. The Morgan fingerprint density at radius 3 is 2.81 bits per heavy atom. The largest absolute Gasteiger partial charge is 0.494 e. The third-order valence-electron chi connectivity index (χ3n) is 5.34. The SMILES string of the molecule is COc1cn2ncc(-c3csc(C(=O)NC4C(N)CCCC4(F)F)n3)c2cc1C(F)(F)F. The van der Waals surface area contributed by atoms with Crippen LogP contribution in [-0.2, 0) is 6.18 Å². The first kappa shape index (κ1) is 22.4. The molecule has 0 radical (unpaired) electrons. The number of halogens is 5. The minimum atomic E-state index is -4.66. The van der Waals surface area contributed by atoms with E-state index >= 15 is 0 Å². The second-order valence-corrected chi connectivity index (χ2v) is 8.31. The summed E-state index contributed by atoms with van der Waals surface area (Å²) in [5.41, 5.74) is 5.31. The summed E-state index contributed by atoms with van der Waals surface area (Å²) in [6, 6.07) is -1.53. The quantitative estimate of drug-likeness (QED) is 0.561. The molecule has 1 amide bonds. The molecule has 2 unspecified atom stereocenters. The average Bonchev–Trinajstić information content (AvgIpc) is 3.35. The van der Waals surface area contributed by atoms with Gasteiger partial charge in [0.15, 0.2) is 5.01 Å². The molecule has 32 heavy (non-hydrogen) atoms. The fourth-order valence-corrected chi connectivity index (χ4v) is 4.43. The highest BCUT2D eigenvalue weighted by Crippen LogP contribution is 2.39. The van der Waals surface area contributed by atoms with Crippen LogP contribution in [0.1, 0.15) is 34.6 Å². The highest BCUT2D eigenvalue weighted by atomic mass is 32.1. The lowest BCUT2D eigenvalue weighted by Crippen LogP contribution is -2.59. The number of pyridine rings is 1. The van der Waals surface area contributed by atoms with E-state index in [-0.39, 0.29) is 34.6 Å². The summed E-state index contributed by atoms with van der Waals surface area (Å²) in [5.74, 6) is -4.36. The van der Waals surface area contributed by atoms with Gasteiger partial charge in [0.25, 0.3) is 11.8 Å². The number of hydrogen-bond donors (Lipinski definition) is 2. The molecule has 3 heterocycles. The number of nitrogens with two attached hydrogens (primary N) is 1. The number of ether oxygens (including phenoxy) is 1. The average molecular weight is 475 g/mol. The zero-order valence-corrected chi connectivity index (χ0v) is 17.4. The summed E-state index contributed by atoms with van der Waals surface area (Å²) in [7, 11) is 1.12. The number of alkyl halides is 5. The zero-order chi connectivity index (χ0) is 23.3. The van der Waals surface area contributed by atoms with Crippen LogP contribution in [0.25, 0.3) is 16.8 Å². The Morgan fingerprint density at radius 2 is 2.16 bits per heavy atom. The number of nitrogens with one attached hydrogen (secondary N) is 1. The van der Waals surface area contributed by atoms with E-state index in [9.17, 15) is 26.7 Å². The van der Waals surface area contributed by atoms with Gasteiger partial charge in [0.1, 0.15) is 17.4 Å². The molecule has 1 aliphatic carbocycles. The van der Waals surface area contributed by atoms with E-state index < -0.39 is 41.4 Å². The van der Waals surface area contributed by atoms with Crippen molar-refractivity contribution >= 4 is 22.8 Å². The van der Waals surface area contributed by atoms with Gasteiger partial charge in [-0.05, 0) is 18.9 Å². The first-order valence-electron chi connectivity index (χ1n) is 9.54. The van der Waals surface area contributed by atoms with E-state index in [2.05, 4.69) is 15.4 Å². The van der Waals surface area contributed by atoms with Gasteiger partial charge in [0, 0.05) is 23.4 Å². The maximum atomic E-state index is 14.2. The van der Waals surface area contributed by atoms with E-state index in [1.165, 1.54) is 16.1 Å². The van der Waals surface area contributed by atoms with Crippen molar-refractivity contribution in [3.8, 4) is 17.0 Å². The second-order valence-electron chi connectivity index (χ2n) is 7.45. The summed E-state index contributed by atoms with van der Waals surface area (Å²) in [6.07, 6.45) is -2.02. The highest BCUT2D eigenvalue weighted by molar-refractivity contribution is 7.12. The summed E-state index contributed by atoms with van der Waals surface area (Å²) in [6.45, 7) is 0. The molecule has 2 atom stereocenters. The molecule has 13 heteroatoms. The third kappa shape index (κ3) is 4.01. The fraction of sp³-hybridized carbons (Fsp3) is 0.421. The number of fused-ring (bicyclic) bond motifs is 1. The van der Waals surface area contributed by atoms with Gasteiger partial charge in [0.05, 0.1) is 30.7 Å². The number of carbonyl (C=O) groups excluding carboxylic acids is 1. The number of carbonyl (C=O) groups is 1. The molecule has 1 aliphatic rings. The first-order valence-corrected chi connectivity index (χ1v) is 10.4. The molecule has 0 aromatic carbocycles. The molecule has 3 aromatic heterocycles. The van der Waals surface area contributed by atoms with Crippen molar-refractivity contribution in [2.24, 2.45) is 5.73 Å². The predicted molar refractivity (Wildman–Crippen MR) is 106 cm³/mol. The monoisotopic (exact) mass is 475 g/mol. The summed E-state index contributed by atoms with van der Waals surface area (Å²) < 4.78 is 74.5. The molecule has 1 fully saturated rings.